The molecule has 2 rings (SSSR count). The predicted molar refractivity (Wildman–Crippen MR) is 111 cm³/mol. The molecule has 2 aromatic carbocycles. The van der Waals surface area contributed by atoms with E-state index in [9.17, 15) is 4.79 Å². The van der Waals surface area contributed by atoms with Crippen LogP contribution in [0, 0.1) is 0 Å². The van der Waals surface area contributed by atoms with Crippen molar-refractivity contribution in [2.45, 2.75) is 59.0 Å². The van der Waals surface area contributed by atoms with Crippen molar-refractivity contribution < 1.29 is 14.3 Å². The highest BCUT2D eigenvalue weighted by molar-refractivity contribution is 5.91. The summed E-state index contributed by atoms with van der Waals surface area (Å²) in [6, 6.07) is 15.3. The molecule has 1 amide bonds. The molecule has 1 N–H and O–H groups in total. The van der Waals surface area contributed by atoms with Crippen LogP contribution in [0.15, 0.2) is 48.5 Å². The van der Waals surface area contributed by atoms with E-state index in [-0.39, 0.29) is 24.0 Å². The van der Waals surface area contributed by atoms with Gasteiger partial charge in [-0.25, -0.2) is 0 Å². The van der Waals surface area contributed by atoms with Crippen LogP contribution >= 0.6 is 0 Å². The van der Waals surface area contributed by atoms with Gasteiger partial charge in [-0.15, -0.1) is 0 Å². The van der Waals surface area contributed by atoms with Crippen LogP contribution in [-0.4, -0.2) is 18.6 Å². The highest BCUT2D eigenvalue weighted by atomic mass is 16.5. The first-order chi connectivity index (χ1) is 12.8. The number of ether oxygens (including phenoxy) is 2. The SMILES string of the molecule is CCC(C)Oc1ccc(NC(=O)COc2ccc(C(C)(C)CC)cc2)cc1. The van der Waals surface area contributed by atoms with Gasteiger partial charge in [-0.05, 0) is 67.1 Å². The molecule has 1 unspecified atom stereocenters. The molecule has 4 heteroatoms. The number of hydrogen-bond acceptors (Lipinski definition) is 3. The number of rotatable bonds is 9. The van der Waals surface area contributed by atoms with Gasteiger partial charge in [-0.1, -0.05) is 39.8 Å². The van der Waals surface area contributed by atoms with Crippen molar-refractivity contribution in [2.75, 3.05) is 11.9 Å². The minimum atomic E-state index is -0.191. The van der Waals surface area contributed by atoms with Crippen LogP contribution in [0.25, 0.3) is 0 Å². The van der Waals surface area contributed by atoms with Crippen molar-refractivity contribution in [1.82, 2.24) is 0 Å². The monoisotopic (exact) mass is 369 g/mol. The molecule has 2 aromatic rings. The van der Waals surface area contributed by atoms with Crippen LogP contribution in [0.3, 0.4) is 0 Å². The summed E-state index contributed by atoms with van der Waals surface area (Å²) in [4.78, 5) is 12.1. The molecule has 4 nitrogen and oxygen atoms in total. The average Bonchev–Trinajstić information content (AvgIpc) is 2.68. The Morgan fingerprint density at radius 1 is 1.00 bits per heavy atom. The molecule has 0 heterocycles. The summed E-state index contributed by atoms with van der Waals surface area (Å²) in [6.07, 6.45) is 2.19. The second kappa shape index (κ2) is 9.45. The molecular weight excluding hydrogens is 338 g/mol. The number of hydrogen-bond donors (Lipinski definition) is 1. The maximum atomic E-state index is 12.1. The van der Waals surface area contributed by atoms with Gasteiger partial charge < -0.3 is 14.8 Å². The van der Waals surface area contributed by atoms with E-state index in [1.54, 1.807) is 0 Å². The molecule has 0 aliphatic rings. The first-order valence-electron chi connectivity index (χ1n) is 9.64. The maximum Gasteiger partial charge on any atom is 0.262 e. The first-order valence-corrected chi connectivity index (χ1v) is 9.64. The predicted octanol–water partition coefficient (Wildman–Crippen LogP) is 5.57. The van der Waals surface area contributed by atoms with Gasteiger partial charge in [-0.3, -0.25) is 4.79 Å². The van der Waals surface area contributed by atoms with Crippen LogP contribution in [-0.2, 0) is 10.2 Å². The summed E-state index contributed by atoms with van der Waals surface area (Å²) in [5.74, 6) is 1.30. The molecule has 0 spiro atoms. The number of amides is 1. The highest BCUT2D eigenvalue weighted by Gasteiger charge is 2.17. The van der Waals surface area contributed by atoms with Gasteiger partial charge in [0.1, 0.15) is 11.5 Å². The molecule has 0 radical (unpaired) electrons. The molecule has 0 saturated carbocycles. The largest absolute Gasteiger partial charge is 0.491 e. The van der Waals surface area contributed by atoms with Crippen LogP contribution in [0.2, 0.25) is 0 Å². The molecule has 0 saturated heterocycles. The summed E-state index contributed by atoms with van der Waals surface area (Å²) in [5, 5.41) is 2.83. The van der Waals surface area contributed by atoms with E-state index in [1.807, 2.05) is 43.3 Å². The Kier molecular flexibility index (Phi) is 7.28. The van der Waals surface area contributed by atoms with E-state index in [2.05, 4.69) is 45.1 Å². The van der Waals surface area contributed by atoms with Gasteiger partial charge in [0.05, 0.1) is 6.10 Å². The molecule has 146 valence electrons. The summed E-state index contributed by atoms with van der Waals surface area (Å²) in [7, 11) is 0. The molecule has 0 aromatic heterocycles. The van der Waals surface area contributed by atoms with Gasteiger partial charge in [-0.2, -0.15) is 0 Å². The van der Waals surface area contributed by atoms with Crippen molar-refractivity contribution in [3.8, 4) is 11.5 Å². The lowest BCUT2D eigenvalue weighted by Crippen LogP contribution is -2.20. The van der Waals surface area contributed by atoms with Crippen molar-refractivity contribution in [2.24, 2.45) is 0 Å². The minimum absolute atomic E-state index is 0.0262. The Morgan fingerprint density at radius 3 is 2.15 bits per heavy atom. The Balaban J connectivity index is 1.84. The second-order valence-corrected chi connectivity index (χ2v) is 7.46. The third-order valence-corrected chi connectivity index (χ3v) is 4.94. The third kappa shape index (κ3) is 6.31. The topological polar surface area (TPSA) is 47.6 Å². The Morgan fingerprint density at radius 2 is 1.59 bits per heavy atom. The number of nitrogens with one attached hydrogen (secondary N) is 1. The summed E-state index contributed by atoms with van der Waals surface area (Å²) in [5.41, 5.74) is 2.13. The van der Waals surface area contributed by atoms with Crippen LogP contribution in [0.1, 0.15) is 53.0 Å². The lowest BCUT2D eigenvalue weighted by atomic mass is 9.82. The molecule has 0 aliphatic heterocycles. The van der Waals surface area contributed by atoms with Gasteiger partial charge in [0.15, 0.2) is 6.61 Å². The first kappa shape index (κ1) is 20.8. The van der Waals surface area contributed by atoms with Crippen molar-refractivity contribution in [1.29, 1.82) is 0 Å². The minimum Gasteiger partial charge on any atom is -0.491 e. The molecule has 27 heavy (non-hydrogen) atoms. The molecule has 0 fully saturated rings. The standard InChI is InChI=1S/C23H31NO3/c1-6-17(3)27-21-14-10-19(11-15-21)24-22(25)16-26-20-12-8-18(9-13-20)23(4,5)7-2/h8-15,17H,6-7,16H2,1-5H3,(H,24,25). The molecule has 0 aliphatic carbocycles. The molecule has 1 atom stereocenters. The van der Waals surface area contributed by atoms with Crippen molar-refractivity contribution in [3.63, 3.8) is 0 Å². The normalized spacial score (nSPS) is 12.3. The fraction of sp³-hybridized carbons (Fsp3) is 0.435. The van der Waals surface area contributed by atoms with Crippen LogP contribution in [0.4, 0.5) is 5.69 Å². The zero-order valence-electron chi connectivity index (χ0n) is 17.0. The number of carbonyl (C=O) groups is 1. The van der Waals surface area contributed by atoms with Gasteiger partial charge in [0, 0.05) is 5.69 Å². The van der Waals surface area contributed by atoms with E-state index in [0.717, 1.165) is 24.3 Å². The van der Waals surface area contributed by atoms with E-state index in [0.29, 0.717) is 5.75 Å². The summed E-state index contributed by atoms with van der Waals surface area (Å²) in [6.45, 7) is 10.7. The fourth-order valence-corrected chi connectivity index (χ4v) is 2.48. The van der Waals surface area contributed by atoms with Gasteiger partial charge >= 0.3 is 0 Å². The van der Waals surface area contributed by atoms with Gasteiger partial charge in [0.25, 0.3) is 5.91 Å². The lowest BCUT2D eigenvalue weighted by molar-refractivity contribution is -0.118. The zero-order valence-corrected chi connectivity index (χ0v) is 17.0. The lowest BCUT2D eigenvalue weighted by Gasteiger charge is -2.23. The summed E-state index contributed by atoms with van der Waals surface area (Å²) >= 11 is 0. The Bertz CT molecular complexity index is 720. The van der Waals surface area contributed by atoms with E-state index >= 15 is 0 Å². The van der Waals surface area contributed by atoms with Crippen molar-refractivity contribution in [3.05, 3.63) is 54.1 Å². The Labute approximate surface area is 162 Å². The molecular formula is C23H31NO3. The number of anilines is 1. The molecule has 0 bridgehead atoms. The smallest absolute Gasteiger partial charge is 0.262 e. The number of carbonyl (C=O) groups excluding carboxylic acids is 1. The van der Waals surface area contributed by atoms with E-state index in [4.69, 9.17) is 9.47 Å². The van der Waals surface area contributed by atoms with Crippen LogP contribution in [0.5, 0.6) is 11.5 Å². The van der Waals surface area contributed by atoms with Crippen molar-refractivity contribution >= 4 is 11.6 Å². The fourth-order valence-electron chi connectivity index (χ4n) is 2.48. The summed E-state index contributed by atoms with van der Waals surface area (Å²) < 4.78 is 11.3. The quantitative estimate of drug-likeness (QED) is 0.629. The highest BCUT2D eigenvalue weighted by Crippen LogP contribution is 2.28. The van der Waals surface area contributed by atoms with E-state index in [1.165, 1.54) is 5.56 Å². The van der Waals surface area contributed by atoms with Gasteiger partial charge in [0.2, 0.25) is 0 Å². The maximum absolute atomic E-state index is 12.1. The van der Waals surface area contributed by atoms with E-state index < -0.39 is 0 Å². The number of benzene rings is 2. The van der Waals surface area contributed by atoms with Crippen LogP contribution < -0.4 is 14.8 Å². The second-order valence-electron chi connectivity index (χ2n) is 7.46. The third-order valence-electron chi connectivity index (χ3n) is 4.94. The zero-order chi connectivity index (χ0) is 19.9. The average molecular weight is 370 g/mol. The Hall–Kier alpha value is -2.49.